The number of nitriles is 1. The molecule has 0 radical (unpaired) electrons. The van der Waals surface area contributed by atoms with E-state index in [1.807, 2.05) is 19.9 Å². The van der Waals surface area contributed by atoms with Crippen LogP contribution in [0.5, 0.6) is 0 Å². The van der Waals surface area contributed by atoms with E-state index in [9.17, 15) is 13.2 Å². The van der Waals surface area contributed by atoms with Crippen LogP contribution < -0.4 is 5.76 Å². The Labute approximate surface area is 271 Å². The van der Waals surface area contributed by atoms with Crippen LogP contribution in [-0.2, 0) is 27.5 Å². The van der Waals surface area contributed by atoms with Crippen molar-refractivity contribution in [3.8, 4) is 28.7 Å². The second-order valence-electron chi connectivity index (χ2n) is 12.7. The normalized spacial score (nSPS) is 17.7. The van der Waals surface area contributed by atoms with Gasteiger partial charge in [0, 0.05) is 37.8 Å². The maximum absolute atomic E-state index is 14.0. The molecule has 47 heavy (non-hydrogen) atoms. The molecule has 0 spiro atoms. The lowest BCUT2D eigenvalue weighted by Crippen LogP contribution is -2.17. The van der Waals surface area contributed by atoms with Crippen LogP contribution in [0.2, 0.25) is 0 Å². The first kappa shape index (κ1) is 31.0. The van der Waals surface area contributed by atoms with E-state index in [0.717, 1.165) is 32.5 Å². The molecule has 1 aromatic carbocycles. The van der Waals surface area contributed by atoms with Gasteiger partial charge in [-0.2, -0.15) is 5.26 Å². The molecule has 2 aliphatic rings. The number of hydrogen-bond acceptors (Lipinski definition) is 11. The SMILES string of the molecule is Cc1nnc(-c2c(CCC3CCOCC3)nc3c(c2-c2ccc4c(c2)oc(=O)n4Cc2ccc(C#N)cn2)S(=O)(=O)C[C@H]3C(C)C)o1. The van der Waals surface area contributed by atoms with Gasteiger partial charge in [0.15, 0.2) is 15.4 Å². The number of ether oxygens (including phenoxy) is 1. The fraction of sp³-hybridized carbons (Fsp3) is 0.412. The topological polar surface area (TPSA) is 167 Å². The van der Waals surface area contributed by atoms with Crippen LogP contribution in [0.25, 0.3) is 33.7 Å². The van der Waals surface area contributed by atoms with Gasteiger partial charge in [-0.3, -0.25) is 14.5 Å². The average Bonchev–Trinajstić information content (AvgIpc) is 3.72. The van der Waals surface area contributed by atoms with Crippen LogP contribution in [0.3, 0.4) is 0 Å². The van der Waals surface area contributed by atoms with Crippen LogP contribution in [-0.4, -0.2) is 52.1 Å². The van der Waals surface area contributed by atoms with Gasteiger partial charge in [0.05, 0.1) is 50.9 Å². The monoisotopic (exact) mass is 654 g/mol. The summed E-state index contributed by atoms with van der Waals surface area (Å²) in [6.45, 7) is 7.30. The largest absolute Gasteiger partial charge is 0.421 e. The Kier molecular flexibility index (Phi) is 8.01. The van der Waals surface area contributed by atoms with Crippen molar-refractivity contribution >= 4 is 20.9 Å². The van der Waals surface area contributed by atoms with Crippen LogP contribution in [0, 0.1) is 30.1 Å². The summed E-state index contributed by atoms with van der Waals surface area (Å²) < 4.78 is 46.7. The molecule has 4 aromatic heterocycles. The van der Waals surface area contributed by atoms with Crippen molar-refractivity contribution in [2.45, 2.75) is 63.8 Å². The van der Waals surface area contributed by atoms with E-state index in [-0.39, 0.29) is 34.9 Å². The quantitative estimate of drug-likeness (QED) is 0.215. The smallest absolute Gasteiger partial charge is 0.420 e. The zero-order chi connectivity index (χ0) is 32.9. The number of sulfone groups is 1. The molecule has 6 heterocycles. The van der Waals surface area contributed by atoms with Crippen molar-refractivity contribution in [1.82, 2.24) is 24.7 Å². The molecule has 242 valence electrons. The zero-order valence-corrected chi connectivity index (χ0v) is 27.2. The second-order valence-corrected chi connectivity index (χ2v) is 14.6. The third kappa shape index (κ3) is 5.76. The highest BCUT2D eigenvalue weighted by molar-refractivity contribution is 7.92. The van der Waals surface area contributed by atoms with Crippen LogP contribution >= 0.6 is 0 Å². The molecule has 12 nitrogen and oxygen atoms in total. The van der Waals surface area contributed by atoms with E-state index >= 15 is 0 Å². The molecule has 13 heteroatoms. The lowest BCUT2D eigenvalue weighted by Gasteiger charge is -2.23. The minimum absolute atomic E-state index is 0.0385. The molecule has 0 aliphatic carbocycles. The van der Waals surface area contributed by atoms with Gasteiger partial charge in [0.2, 0.25) is 11.8 Å². The predicted molar refractivity (Wildman–Crippen MR) is 171 cm³/mol. The van der Waals surface area contributed by atoms with Crippen molar-refractivity contribution < 1.29 is 22.0 Å². The number of aromatic nitrogens is 5. The third-order valence-electron chi connectivity index (χ3n) is 9.22. The van der Waals surface area contributed by atoms with Gasteiger partial charge >= 0.3 is 5.76 Å². The first-order valence-electron chi connectivity index (χ1n) is 15.8. The maximum atomic E-state index is 14.0. The van der Waals surface area contributed by atoms with E-state index in [1.165, 1.54) is 10.8 Å². The number of hydrogen-bond donors (Lipinski definition) is 0. The Balaban J connectivity index is 1.42. The summed E-state index contributed by atoms with van der Waals surface area (Å²) >= 11 is 0. The minimum atomic E-state index is -3.75. The van der Waals surface area contributed by atoms with Gasteiger partial charge in [-0.25, -0.2) is 13.2 Å². The molecule has 1 saturated heterocycles. The number of pyridine rings is 2. The van der Waals surface area contributed by atoms with Crippen molar-refractivity contribution in [3.05, 3.63) is 75.6 Å². The molecule has 1 fully saturated rings. The first-order valence-corrected chi connectivity index (χ1v) is 17.4. The van der Waals surface area contributed by atoms with Gasteiger partial charge in [-0.1, -0.05) is 19.9 Å². The zero-order valence-electron chi connectivity index (χ0n) is 26.4. The number of aryl methyl sites for hydroxylation is 2. The Bertz CT molecular complexity index is 2190. The molecular weight excluding hydrogens is 620 g/mol. The Morgan fingerprint density at radius 1 is 1.09 bits per heavy atom. The summed E-state index contributed by atoms with van der Waals surface area (Å²) in [7, 11) is -3.75. The van der Waals surface area contributed by atoms with Gasteiger partial charge in [-0.05, 0) is 67.3 Å². The standard InChI is InChI=1S/C34H34N6O6S/c1-19(2)25-18-47(42,43)32-29(23-6-9-27-28(14-23)46-34(41)40(27)17-24-7-4-22(15-35)16-36-24)30(33-39-38-20(3)45-33)26(37-31(25)32)8-5-21-10-12-44-13-11-21/h4,6-7,9,14,16,19,21,25H,5,8,10-13,17-18H2,1-3H3/t25-/m0/s1. The van der Waals surface area contributed by atoms with Gasteiger partial charge in [0.25, 0.3) is 0 Å². The highest BCUT2D eigenvalue weighted by Gasteiger charge is 2.43. The molecule has 0 N–H and O–H groups in total. The van der Waals surface area contributed by atoms with Crippen molar-refractivity contribution in [3.63, 3.8) is 0 Å². The Hall–Kier alpha value is -4.67. The summed E-state index contributed by atoms with van der Waals surface area (Å²) in [5, 5.41) is 17.5. The number of nitrogens with zero attached hydrogens (tertiary/aromatic N) is 6. The van der Waals surface area contributed by atoms with Gasteiger partial charge in [-0.15, -0.1) is 10.2 Å². The summed E-state index contributed by atoms with van der Waals surface area (Å²) in [6.07, 6.45) is 4.82. The van der Waals surface area contributed by atoms with E-state index < -0.39 is 15.6 Å². The summed E-state index contributed by atoms with van der Waals surface area (Å²) in [5.74, 6) is 0.134. The van der Waals surface area contributed by atoms with Crippen LogP contribution in [0.4, 0.5) is 0 Å². The van der Waals surface area contributed by atoms with Crippen LogP contribution in [0.1, 0.15) is 67.6 Å². The van der Waals surface area contributed by atoms with E-state index in [1.54, 1.807) is 37.3 Å². The Morgan fingerprint density at radius 3 is 2.57 bits per heavy atom. The number of benzene rings is 1. The second kappa shape index (κ2) is 12.2. The van der Waals surface area contributed by atoms with E-state index in [2.05, 4.69) is 15.2 Å². The summed E-state index contributed by atoms with van der Waals surface area (Å²) in [4.78, 5) is 22.6. The van der Waals surface area contributed by atoms with Gasteiger partial charge in [0.1, 0.15) is 6.07 Å². The molecule has 0 saturated carbocycles. The fourth-order valence-electron chi connectivity index (χ4n) is 6.69. The van der Waals surface area contributed by atoms with Crippen molar-refractivity contribution in [1.29, 1.82) is 5.26 Å². The summed E-state index contributed by atoms with van der Waals surface area (Å²) in [5.41, 5.74) is 4.56. The average molecular weight is 655 g/mol. The number of fused-ring (bicyclic) bond motifs is 2. The van der Waals surface area contributed by atoms with E-state index in [0.29, 0.717) is 68.7 Å². The van der Waals surface area contributed by atoms with E-state index in [4.69, 9.17) is 23.8 Å². The first-order chi connectivity index (χ1) is 22.6. The molecule has 1 atom stereocenters. The van der Waals surface area contributed by atoms with Gasteiger partial charge < -0.3 is 13.6 Å². The number of rotatable bonds is 8. The molecular formula is C34H34N6O6S. The molecule has 0 amide bonds. The highest BCUT2D eigenvalue weighted by atomic mass is 32.2. The molecule has 0 unspecified atom stereocenters. The lowest BCUT2D eigenvalue weighted by atomic mass is 9.88. The van der Waals surface area contributed by atoms with Crippen molar-refractivity contribution in [2.24, 2.45) is 11.8 Å². The highest BCUT2D eigenvalue weighted by Crippen LogP contribution is 2.48. The third-order valence-corrected chi connectivity index (χ3v) is 11.1. The van der Waals surface area contributed by atoms with Crippen molar-refractivity contribution in [2.75, 3.05) is 19.0 Å². The van der Waals surface area contributed by atoms with Crippen LogP contribution in [0.15, 0.2) is 55.1 Å². The maximum Gasteiger partial charge on any atom is 0.420 e. The molecule has 2 aliphatic heterocycles. The molecule has 5 aromatic rings. The summed E-state index contributed by atoms with van der Waals surface area (Å²) in [6, 6.07) is 10.6. The number of oxazole rings is 1. The fourth-order valence-corrected chi connectivity index (χ4v) is 8.92. The predicted octanol–water partition coefficient (Wildman–Crippen LogP) is 5.22. The molecule has 7 rings (SSSR count). The Morgan fingerprint density at radius 2 is 1.89 bits per heavy atom. The lowest BCUT2D eigenvalue weighted by molar-refractivity contribution is 0.0639. The minimum Gasteiger partial charge on any atom is -0.421 e. The molecule has 0 bridgehead atoms.